The lowest BCUT2D eigenvalue weighted by molar-refractivity contribution is -0.128. The van der Waals surface area contributed by atoms with Crippen LogP contribution in [0.15, 0.2) is 42.5 Å². The minimum Gasteiger partial charge on any atom is -0.481 e. The number of carbonyl (C=O) groups is 1. The van der Waals surface area contributed by atoms with E-state index in [4.69, 9.17) is 4.74 Å². The molecule has 138 valence electrons. The van der Waals surface area contributed by atoms with Gasteiger partial charge in [0.2, 0.25) is 0 Å². The number of rotatable bonds is 5. The summed E-state index contributed by atoms with van der Waals surface area (Å²) < 4.78 is 6.07. The van der Waals surface area contributed by atoms with E-state index in [1.54, 1.807) is 0 Å². The van der Waals surface area contributed by atoms with Gasteiger partial charge in [0, 0.05) is 0 Å². The summed E-state index contributed by atoms with van der Waals surface area (Å²) in [6, 6.07) is 14.7. The predicted octanol–water partition coefficient (Wildman–Crippen LogP) is 5.08. The second kappa shape index (κ2) is 7.94. The quantitative estimate of drug-likeness (QED) is 0.816. The second-order valence-corrected chi connectivity index (χ2v) is 7.61. The summed E-state index contributed by atoms with van der Waals surface area (Å²) in [5.41, 5.74) is 4.87. The maximum atomic E-state index is 12.8. The van der Waals surface area contributed by atoms with Crippen molar-refractivity contribution in [1.29, 1.82) is 0 Å². The Morgan fingerprint density at radius 3 is 2.69 bits per heavy atom. The van der Waals surface area contributed by atoms with Crippen LogP contribution in [0.1, 0.15) is 67.8 Å². The lowest BCUT2D eigenvalue weighted by Gasteiger charge is -2.28. The summed E-state index contributed by atoms with van der Waals surface area (Å²) >= 11 is 0. The van der Waals surface area contributed by atoms with Crippen molar-refractivity contribution in [3.8, 4) is 5.75 Å². The maximum absolute atomic E-state index is 12.8. The summed E-state index contributed by atoms with van der Waals surface area (Å²) in [6.45, 7) is 8.15. The van der Waals surface area contributed by atoms with E-state index in [1.165, 1.54) is 11.1 Å². The summed E-state index contributed by atoms with van der Waals surface area (Å²) in [4.78, 5) is 12.8. The number of benzene rings is 2. The maximum Gasteiger partial charge on any atom is 0.261 e. The van der Waals surface area contributed by atoms with Crippen LogP contribution in [-0.2, 0) is 11.2 Å². The molecular formula is C23H29NO2. The number of hydrogen-bond donors (Lipinski definition) is 1. The first-order chi connectivity index (χ1) is 12.5. The molecule has 1 N–H and O–H groups in total. The van der Waals surface area contributed by atoms with Crippen molar-refractivity contribution < 1.29 is 9.53 Å². The first-order valence-electron chi connectivity index (χ1n) is 9.61. The highest BCUT2D eigenvalue weighted by Gasteiger charge is 2.25. The zero-order valence-electron chi connectivity index (χ0n) is 16.2. The normalized spacial score (nSPS) is 17.5. The Morgan fingerprint density at radius 2 is 1.92 bits per heavy atom. The van der Waals surface area contributed by atoms with E-state index in [1.807, 2.05) is 26.0 Å². The van der Waals surface area contributed by atoms with E-state index in [9.17, 15) is 4.79 Å². The van der Waals surface area contributed by atoms with Gasteiger partial charge in [0.15, 0.2) is 6.10 Å². The fraction of sp³-hybridized carbons (Fsp3) is 0.435. The molecule has 0 spiro atoms. The van der Waals surface area contributed by atoms with Gasteiger partial charge in [-0.15, -0.1) is 0 Å². The topological polar surface area (TPSA) is 38.3 Å². The molecule has 0 saturated heterocycles. The number of ether oxygens (including phenoxy) is 1. The van der Waals surface area contributed by atoms with Crippen LogP contribution in [0.2, 0.25) is 0 Å². The highest BCUT2D eigenvalue weighted by Crippen LogP contribution is 2.30. The van der Waals surface area contributed by atoms with E-state index in [0.717, 1.165) is 36.1 Å². The van der Waals surface area contributed by atoms with Crippen molar-refractivity contribution in [3.63, 3.8) is 0 Å². The Labute approximate surface area is 156 Å². The van der Waals surface area contributed by atoms with Crippen molar-refractivity contribution in [1.82, 2.24) is 5.32 Å². The molecule has 0 saturated carbocycles. The molecule has 0 radical (unpaired) electrons. The monoisotopic (exact) mass is 351 g/mol. The van der Waals surface area contributed by atoms with Gasteiger partial charge in [-0.05, 0) is 67.3 Å². The minimum atomic E-state index is -0.525. The molecule has 2 aromatic rings. The fourth-order valence-corrected chi connectivity index (χ4v) is 3.66. The number of amides is 1. The van der Waals surface area contributed by atoms with Crippen LogP contribution in [-0.4, -0.2) is 12.0 Å². The van der Waals surface area contributed by atoms with Gasteiger partial charge < -0.3 is 10.1 Å². The predicted molar refractivity (Wildman–Crippen MR) is 106 cm³/mol. The summed E-state index contributed by atoms with van der Waals surface area (Å²) in [6.07, 6.45) is 2.66. The first kappa shape index (κ1) is 18.5. The SMILES string of the molecule is Cc1ccc(C(C)C)c(O[C@@H](C)C(=O)N[C@H]2CCCc3ccccc32)c1. The highest BCUT2D eigenvalue weighted by molar-refractivity contribution is 5.81. The standard InChI is InChI=1S/C23H29NO2/c1-15(2)19-13-12-16(3)14-22(19)26-17(4)23(25)24-21-11-7-9-18-8-5-6-10-20(18)21/h5-6,8,10,12-15,17,21H,7,9,11H2,1-4H3,(H,24,25)/t17-,21-/m0/s1. The van der Waals surface area contributed by atoms with E-state index in [0.29, 0.717) is 5.92 Å². The largest absolute Gasteiger partial charge is 0.481 e. The van der Waals surface area contributed by atoms with E-state index < -0.39 is 6.10 Å². The van der Waals surface area contributed by atoms with Gasteiger partial charge in [-0.3, -0.25) is 4.79 Å². The zero-order valence-corrected chi connectivity index (χ0v) is 16.2. The smallest absolute Gasteiger partial charge is 0.261 e. The molecule has 0 aliphatic heterocycles. The van der Waals surface area contributed by atoms with Gasteiger partial charge in [-0.1, -0.05) is 50.2 Å². The van der Waals surface area contributed by atoms with Crippen molar-refractivity contribution >= 4 is 5.91 Å². The zero-order chi connectivity index (χ0) is 18.7. The van der Waals surface area contributed by atoms with Crippen molar-refractivity contribution in [2.45, 2.75) is 65.0 Å². The molecule has 3 nitrogen and oxygen atoms in total. The Hall–Kier alpha value is -2.29. The molecule has 0 fully saturated rings. The Kier molecular flexibility index (Phi) is 5.65. The number of aryl methyl sites for hydroxylation is 2. The van der Waals surface area contributed by atoms with Crippen LogP contribution in [0.25, 0.3) is 0 Å². The third kappa shape index (κ3) is 4.09. The Bertz CT molecular complexity index is 782. The summed E-state index contributed by atoms with van der Waals surface area (Å²) in [7, 11) is 0. The van der Waals surface area contributed by atoms with Gasteiger partial charge >= 0.3 is 0 Å². The molecule has 0 unspecified atom stereocenters. The average Bonchev–Trinajstić information content (AvgIpc) is 2.61. The van der Waals surface area contributed by atoms with Crippen molar-refractivity contribution in [3.05, 3.63) is 64.7 Å². The Balaban J connectivity index is 1.71. The lowest BCUT2D eigenvalue weighted by Crippen LogP contribution is -2.39. The van der Waals surface area contributed by atoms with E-state index >= 15 is 0 Å². The third-order valence-corrected chi connectivity index (χ3v) is 5.15. The Morgan fingerprint density at radius 1 is 1.15 bits per heavy atom. The first-order valence-corrected chi connectivity index (χ1v) is 9.61. The van der Waals surface area contributed by atoms with Gasteiger partial charge in [0.05, 0.1) is 6.04 Å². The van der Waals surface area contributed by atoms with Crippen LogP contribution >= 0.6 is 0 Å². The number of hydrogen-bond acceptors (Lipinski definition) is 2. The van der Waals surface area contributed by atoms with Gasteiger partial charge in [-0.25, -0.2) is 0 Å². The average molecular weight is 351 g/mol. The van der Waals surface area contributed by atoms with Gasteiger partial charge in [-0.2, -0.15) is 0 Å². The van der Waals surface area contributed by atoms with Gasteiger partial charge in [0.1, 0.15) is 5.75 Å². The van der Waals surface area contributed by atoms with Crippen LogP contribution in [0, 0.1) is 6.92 Å². The molecule has 0 aromatic heterocycles. The molecule has 0 bridgehead atoms. The molecule has 1 aliphatic rings. The fourth-order valence-electron chi connectivity index (χ4n) is 3.66. The molecule has 1 amide bonds. The van der Waals surface area contributed by atoms with Crippen molar-refractivity contribution in [2.24, 2.45) is 0 Å². The molecule has 3 rings (SSSR count). The van der Waals surface area contributed by atoms with Crippen LogP contribution in [0.3, 0.4) is 0 Å². The van der Waals surface area contributed by atoms with Crippen LogP contribution in [0.4, 0.5) is 0 Å². The van der Waals surface area contributed by atoms with Gasteiger partial charge in [0.25, 0.3) is 5.91 Å². The molecule has 3 heteroatoms. The third-order valence-electron chi connectivity index (χ3n) is 5.15. The summed E-state index contributed by atoms with van der Waals surface area (Å²) in [5, 5.41) is 3.19. The molecule has 26 heavy (non-hydrogen) atoms. The molecule has 2 aromatic carbocycles. The van der Waals surface area contributed by atoms with Crippen LogP contribution in [0.5, 0.6) is 5.75 Å². The van der Waals surface area contributed by atoms with E-state index in [2.05, 4.69) is 49.5 Å². The summed E-state index contributed by atoms with van der Waals surface area (Å²) in [5.74, 6) is 1.11. The van der Waals surface area contributed by atoms with Crippen molar-refractivity contribution in [2.75, 3.05) is 0 Å². The lowest BCUT2D eigenvalue weighted by atomic mass is 9.87. The highest BCUT2D eigenvalue weighted by atomic mass is 16.5. The molecule has 2 atom stereocenters. The minimum absolute atomic E-state index is 0.0529. The van der Waals surface area contributed by atoms with Crippen LogP contribution < -0.4 is 10.1 Å². The molecule has 0 heterocycles. The molecular weight excluding hydrogens is 322 g/mol. The second-order valence-electron chi connectivity index (χ2n) is 7.61. The van der Waals surface area contributed by atoms with E-state index in [-0.39, 0.29) is 11.9 Å². The number of carbonyl (C=O) groups excluding carboxylic acids is 1. The number of nitrogens with one attached hydrogen (secondary N) is 1. The molecule has 1 aliphatic carbocycles. The number of fused-ring (bicyclic) bond motifs is 1.